The summed E-state index contributed by atoms with van der Waals surface area (Å²) < 4.78 is 0. The maximum absolute atomic E-state index is 11.7. The quantitative estimate of drug-likeness (QED) is 0.686. The van der Waals surface area contributed by atoms with Crippen LogP contribution in [-0.4, -0.2) is 23.0 Å². The Morgan fingerprint density at radius 1 is 1.24 bits per heavy atom. The highest BCUT2D eigenvalue weighted by atomic mass is 16.4. The number of hydrogen-bond acceptors (Lipinski definition) is 2. The molecule has 0 aliphatic carbocycles. The first-order chi connectivity index (χ1) is 10.1. The van der Waals surface area contributed by atoms with Crippen LogP contribution in [0.2, 0.25) is 0 Å². The number of aliphatic carboxylic acids is 1. The van der Waals surface area contributed by atoms with Crippen LogP contribution in [0.5, 0.6) is 0 Å². The normalized spacial score (nSPS) is 12.0. The minimum Gasteiger partial charge on any atom is -0.480 e. The van der Waals surface area contributed by atoms with Crippen molar-refractivity contribution in [1.29, 1.82) is 0 Å². The van der Waals surface area contributed by atoms with Gasteiger partial charge in [-0.2, -0.15) is 0 Å². The number of carbonyl (C=O) groups is 2. The summed E-state index contributed by atoms with van der Waals surface area (Å²) in [5, 5.41) is 11.5. The second-order valence-corrected chi connectivity index (χ2v) is 4.68. The molecule has 4 heteroatoms. The molecule has 0 bridgehead atoms. The molecule has 0 radical (unpaired) electrons. The van der Waals surface area contributed by atoms with Crippen molar-refractivity contribution >= 4 is 18.0 Å². The van der Waals surface area contributed by atoms with Crippen LogP contribution >= 0.6 is 0 Å². The van der Waals surface area contributed by atoms with E-state index in [-0.39, 0.29) is 12.3 Å². The average molecular weight is 287 g/mol. The SMILES string of the molecule is C=CCCC(NC(=O)CC/C=C/c1ccccc1)C(=O)O. The molecule has 0 aliphatic heterocycles. The molecule has 2 N–H and O–H groups in total. The summed E-state index contributed by atoms with van der Waals surface area (Å²) in [6.07, 6.45) is 7.28. The minimum atomic E-state index is -1.01. The van der Waals surface area contributed by atoms with Gasteiger partial charge in [-0.15, -0.1) is 6.58 Å². The second-order valence-electron chi connectivity index (χ2n) is 4.68. The predicted octanol–water partition coefficient (Wildman–Crippen LogP) is 3.02. The van der Waals surface area contributed by atoms with Crippen molar-refractivity contribution in [2.75, 3.05) is 0 Å². The summed E-state index contributed by atoms with van der Waals surface area (Å²) in [7, 11) is 0. The zero-order valence-electron chi connectivity index (χ0n) is 12.0. The first-order valence-corrected chi connectivity index (χ1v) is 6.98. The largest absolute Gasteiger partial charge is 0.480 e. The molecule has 112 valence electrons. The number of amides is 1. The molecule has 4 nitrogen and oxygen atoms in total. The Morgan fingerprint density at radius 2 is 1.95 bits per heavy atom. The van der Waals surface area contributed by atoms with E-state index in [2.05, 4.69) is 11.9 Å². The smallest absolute Gasteiger partial charge is 0.326 e. The third-order valence-corrected chi connectivity index (χ3v) is 2.94. The lowest BCUT2D eigenvalue weighted by atomic mass is 10.1. The van der Waals surface area contributed by atoms with E-state index in [1.54, 1.807) is 6.08 Å². The Balaban J connectivity index is 2.34. The lowest BCUT2D eigenvalue weighted by molar-refractivity contribution is -0.142. The second kappa shape index (κ2) is 9.53. The molecule has 0 saturated heterocycles. The Bertz CT molecular complexity index is 494. The molecule has 1 aromatic carbocycles. The summed E-state index contributed by atoms with van der Waals surface area (Å²) in [5.74, 6) is -1.26. The number of benzene rings is 1. The number of rotatable bonds is 9. The summed E-state index contributed by atoms with van der Waals surface area (Å²) in [5.41, 5.74) is 1.08. The van der Waals surface area contributed by atoms with E-state index in [1.807, 2.05) is 42.5 Å². The summed E-state index contributed by atoms with van der Waals surface area (Å²) in [6, 6.07) is 8.96. The van der Waals surface area contributed by atoms with Crippen molar-refractivity contribution in [2.24, 2.45) is 0 Å². The van der Waals surface area contributed by atoms with Crippen molar-refractivity contribution in [3.63, 3.8) is 0 Å². The van der Waals surface area contributed by atoms with Crippen LogP contribution in [0.3, 0.4) is 0 Å². The molecule has 1 unspecified atom stereocenters. The number of carbonyl (C=O) groups excluding carboxylic acids is 1. The van der Waals surface area contributed by atoms with Gasteiger partial charge in [0.05, 0.1) is 0 Å². The Hall–Kier alpha value is -2.36. The van der Waals surface area contributed by atoms with Crippen molar-refractivity contribution in [3.05, 3.63) is 54.6 Å². The number of carboxylic acids is 1. The fourth-order valence-corrected chi connectivity index (χ4v) is 1.81. The number of carboxylic acid groups (broad SMARTS) is 1. The highest BCUT2D eigenvalue weighted by Crippen LogP contribution is 2.04. The first kappa shape index (κ1) is 16.7. The van der Waals surface area contributed by atoms with Gasteiger partial charge in [-0.25, -0.2) is 4.79 Å². The van der Waals surface area contributed by atoms with E-state index in [9.17, 15) is 9.59 Å². The zero-order chi connectivity index (χ0) is 15.5. The van der Waals surface area contributed by atoms with Crippen LogP contribution in [0.15, 0.2) is 49.1 Å². The lowest BCUT2D eigenvalue weighted by Gasteiger charge is -2.13. The number of nitrogens with one attached hydrogen (secondary N) is 1. The monoisotopic (exact) mass is 287 g/mol. The predicted molar refractivity (Wildman–Crippen MR) is 83.7 cm³/mol. The molecular weight excluding hydrogens is 266 g/mol. The number of allylic oxidation sites excluding steroid dienone is 2. The topological polar surface area (TPSA) is 66.4 Å². The van der Waals surface area contributed by atoms with Crippen LogP contribution < -0.4 is 5.32 Å². The van der Waals surface area contributed by atoms with Gasteiger partial charge in [0.15, 0.2) is 0 Å². The van der Waals surface area contributed by atoms with Crippen molar-refractivity contribution in [3.8, 4) is 0 Å². The molecule has 1 atom stereocenters. The molecule has 0 spiro atoms. The van der Waals surface area contributed by atoms with Gasteiger partial charge in [-0.05, 0) is 24.8 Å². The molecule has 1 amide bonds. The molecule has 1 rings (SSSR count). The minimum absolute atomic E-state index is 0.246. The van der Waals surface area contributed by atoms with Gasteiger partial charge in [0.1, 0.15) is 6.04 Å². The van der Waals surface area contributed by atoms with E-state index in [4.69, 9.17) is 5.11 Å². The van der Waals surface area contributed by atoms with Crippen molar-refractivity contribution in [2.45, 2.75) is 31.7 Å². The van der Waals surface area contributed by atoms with Crippen molar-refractivity contribution < 1.29 is 14.7 Å². The summed E-state index contributed by atoms with van der Waals surface area (Å²) in [4.78, 5) is 22.7. The van der Waals surface area contributed by atoms with Crippen LogP contribution in [-0.2, 0) is 9.59 Å². The fraction of sp³-hybridized carbons (Fsp3) is 0.294. The Kier molecular flexibility index (Phi) is 7.58. The highest BCUT2D eigenvalue weighted by Gasteiger charge is 2.18. The third-order valence-electron chi connectivity index (χ3n) is 2.94. The van der Waals surface area contributed by atoms with Gasteiger partial charge in [0, 0.05) is 6.42 Å². The van der Waals surface area contributed by atoms with Gasteiger partial charge >= 0.3 is 5.97 Å². The van der Waals surface area contributed by atoms with E-state index in [0.29, 0.717) is 19.3 Å². The Labute approximate surface area is 125 Å². The van der Waals surface area contributed by atoms with E-state index >= 15 is 0 Å². The third kappa shape index (κ3) is 7.11. The molecule has 0 fully saturated rings. The van der Waals surface area contributed by atoms with E-state index in [0.717, 1.165) is 5.56 Å². The molecule has 0 aromatic heterocycles. The van der Waals surface area contributed by atoms with Gasteiger partial charge in [-0.3, -0.25) is 4.79 Å². The molecule has 21 heavy (non-hydrogen) atoms. The maximum atomic E-state index is 11.7. The van der Waals surface area contributed by atoms with Gasteiger partial charge < -0.3 is 10.4 Å². The van der Waals surface area contributed by atoms with Crippen LogP contribution in [0.4, 0.5) is 0 Å². The van der Waals surface area contributed by atoms with Crippen LogP contribution in [0, 0.1) is 0 Å². The molecule has 0 aliphatic rings. The summed E-state index contributed by atoms with van der Waals surface area (Å²) in [6.45, 7) is 3.55. The summed E-state index contributed by atoms with van der Waals surface area (Å²) >= 11 is 0. The van der Waals surface area contributed by atoms with Crippen molar-refractivity contribution in [1.82, 2.24) is 5.32 Å². The standard InChI is InChI=1S/C17H21NO3/c1-2-3-12-15(17(20)21)18-16(19)13-8-7-11-14-9-5-4-6-10-14/h2,4-7,9-11,15H,1,3,8,12-13H2,(H,18,19)(H,20,21)/b11-7+. The maximum Gasteiger partial charge on any atom is 0.326 e. The zero-order valence-corrected chi connectivity index (χ0v) is 12.0. The van der Waals surface area contributed by atoms with E-state index in [1.165, 1.54) is 0 Å². The lowest BCUT2D eigenvalue weighted by Crippen LogP contribution is -2.40. The number of hydrogen-bond donors (Lipinski definition) is 2. The molecule has 0 heterocycles. The van der Waals surface area contributed by atoms with Gasteiger partial charge in [0.25, 0.3) is 0 Å². The Morgan fingerprint density at radius 3 is 2.57 bits per heavy atom. The average Bonchev–Trinajstić information content (AvgIpc) is 2.48. The van der Waals surface area contributed by atoms with Crippen LogP contribution in [0.25, 0.3) is 6.08 Å². The van der Waals surface area contributed by atoms with E-state index < -0.39 is 12.0 Å². The van der Waals surface area contributed by atoms with Crippen LogP contribution in [0.1, 0.15) is 31.2 Å². The van der Waals surface area contributed by atoms with Gasteiger partial charge in [-0.1, -0.05) is 48.6 Å². The first-order valence-electron chi connectivity index (χ1n) is 6.98. The molecular formula is C17H21NO3. The molecule has 0 saturated carbocycles. The molecule has 1 aromatic rings. The highest BCUT2D eigenvalue weighted by molar-refractivity contribution is 5.83. The van der Waals surface area contributed by atoms with Gasteiger partial charge in [0.2, 0.25) is 5.91 Å². The fourth-order valence-electron chi connectivity index (χ4n) is 1.81.